The number of rotatable bonds is 10. The summed E-state index contributed by atoms with van der Waals surface area (Å²) in [6.07, 6.45) is -2.95. The number of hydrogen-bond donors (Lipinski definition) is 3. The first-order valence-corrected chi connectivity index (χ1v) is 17.5. The van der Waals surface area contributed by atoms with Gasteiger partial charge in [0, 0.05) is 32.8 Å². The Morgan fingerprint density at radius 3 is 2.35 bits per heavy atom. The average molecular weight is 736 g/mol. The summed E-state index contributed by atoms with van der Waals surface area (Å²) in [5, 5.41) is 29.3. The predicted octanol–water partition coefficient (Wildman–Crippen LogP) is 4.56. The van der Waals surface area contributed by atoms with Gasteiger partial charge in [-0.3, -0.25) is 19.0 Å². The zero-order valence-corrected chi connectivity index (χ0v) is 29.6. The molecule has 0 amide bonds. The molecule has 0 bridgehead atoms. The van der Waals surface area contributed by atoms with E-state index in [9.17, 15) is 24.6 Å². The average Bonchev–Trinajstić information content (AvgIpc) is 3.74. The molecule has 6 aromatic rings. The number of fused-ring (bicyclic) bond motifs is 3. The number of carbonyl (C=O) groups is 3. The fourth-order valence-corrected chi connectivity index (χ4v) is 7.84. The number of aromatic nitrogens is 4. The number of aliphatic hydroxyl groups is 2. The lowest BCUT2D eigenvalue weighted by Crippen LogP contribution is -2.50. The van der Waals surface area contributed by atoms with Crippen molar-refractivity contribution in [3.63, 3.8) is 0 Å². The van der Waals surface area contributed by atoms with E-state index in [1.807, 2.05) is 48.5 Å². The van der Waals surface area contributed by atoms with E-state index in [0.29, 0.717) is 16.6 Å². The monoisotopic (exact) mass is 735 g/mol. The molecule has 7 atom stereocenters. The zero-order chi connectivity index (χ0) is 37.8. The lowest BCUT2D eigenvalue weighted by Gasteiger charge is -2.43. The van der Waals surface area contributed by atoms with Gasteiger partial charge in [0.15, 0.2) is 29.5 Å². The molecular weight excluding hydrogens is 698 g/mol. The van der Waals surface area contributed by atoms with Crippen molar-refractivity contribution in [1.29, 1.82) is 0 Å². The number of imidazole rings is 1. The highest BCUT2D eigenvalue weighted by Crippen LogP contribution is 2.49. The first-order chi connectivity index (χ1) is 26.1. The Bertz CT molecular complexity index is 2430. The van der Waals surface area contributed by atoms with Crippen molar-refractivity contribution >= 4 is 67.3 Å². The van der Waals surface area contributed by atoms with E-state index in [4.69, 9.17) is 28.7 Å². The molecule has 3 N–H and O–H groups in total. The molecule has 0 spiro atoms. The fraction of sp³-hybridized carbons (Fsp3) is 0.333. The largest absolute Gasteiger partial charge is 0.472 e. The quantitative estimate of drug-likeness (QED) is 0.0767. The Labute approximate surface area is 307 Å². The van der Waals surface area contributed by atoms with Gasteiger partial charge in [0.25, 0.3) is 0 Å². The summed E-state index contributed by atoms with van der Waals surface area (Å²) in [5.41, 5.74) is 1.72. The van der Waals surface area contributed by atoms with Crippen molar-refractivity contribution in [2.24, 2.45) is 0 Å². The van der Waals surface area contributed by atoms with Crippen molar-refractivity contribution in [3.05, 3.63) is 78.6 Å². The van der Waals surface area contributed by atoms with Crippen LogP contribution in [0.25, 0.3) is 43.5 Å². The van der Waals surface area contributed by atoms with Crippen LogP contribution in [0.4, 0.5) is 5.95 Å². The van der Waals surface area contributed by atoms with Crippen LogP contribution >= 0.6 is 0 Å². The van der Waals surface area contributed by atoms with Crippen molar-refractivity contribution in [2.45, 2.75) is 70.0 Å². The van der Waals surface area contributed by atoms with Crippen LogP contribution < -0.4 is 10.1 Å². The number of nitrogens with one attached hydrogen (secondary N) is 1. The first-order valence-electron chi connectivity index (χ1n) is 17.5. The minimum atomic E-state index is -1.29. The third-order valence-electron chi connectivity index (χ3n) is 9.89. The van der Waals surface area contributed by atoms with Gasteiger partial charge in [0.2, 0.25) is 11.8 Å². The number of hydrogen-bond acceptors (Lipinski definition) is 14. The van der Waals surface area contributed by atoms with E-state index in [2.05, 4.69) is 21.9 Å². The van der Waals surface area contributed by atoms with Gasteiger partial charge in [0.05, 0.1) is 25.1 Å². The van der Waals surface area contributed by atoms with Crippen LogP contribution in [0.1, 0.15) is 56.7 Å². The molecule has 2 aliphatic rings. The highest BCUT2D eigenvalue weighted by molar-refractivity contribution is 6.24. The van der Waals surface area contributed by atoms with Crippen LogP contribution in [0.2, 0.25) is 0 Å². The molecule has 1 saturated heterocycles. The standard InChI is InChI=1S/C39H37N5O10/c1-5-13-50-38-33-37(44(17-40-33)28-15-26(49)27(16-45)54-28)42-39(43-38)41-32-31-24-12-11-22-8-6-7-21-9-10-23(30(24)29(21)22)14-25(31)34(51-18(2)46)36(53-20(4)48)35(32)52-19(3)47/h5-12,14,17,26-28,32,34-36,45,49H,1,13,15-16H2,2-4H3,(H,41,42,43)/t26-,27+,28+,32+,34-,35-,36+/m0/s1. The molecule has 1 aliphatic heterocycles. The summed E-state index contributed by atoms with van der Waals surface area (Å²) in [4.78, 5) is 52.3. The Balaban J connectivity index is 1.37. The van der Waals surface area contributed by atoms with E-state index in [1.54, 1.807) is 10.6 Å². The molecular formula is C39H37N5O10. The highest BCUT2D eigenvalue weighted by atomic mass is 16.6. The van der Waals surface area contributed by atoms with Gasteiger partial charge in [-0.2, -0.15) is 9.97 Å². The number of esters is 3. The van der Waals surface area contributed by atoms with Gasteiger partial charge in [-0.05, 0) is 43.9 Å². The van der Waals surface area contributed by atoms with E-state index in [-0.39, 0.29) is 37.1 Å². The summed E-state index contributed by atoms with van der Waals surface area (Å²) in [7, 11) is 0. The molecule has 3 heterocycles. The van der Waals surface area contributed by atoms with Crippen LogP contribution in [-0.4, -0.2) is 85.3 Å². The van der Waals surface area contributed by atoms with Gasteiger partial charge < -0.3 is 39.2 Å². The number of nitrogens with zero attached hydrogens (tertiary/aromatic N) is 4. The van der Waals surface area contributed by atoms with Gasteiger partial charge in [0.1, 0.15) is 18.9 Å². The lowest BCUT2D eigenvalue weighted by molar-refractivity contribution is -0.187. The van der Waals surface area contributed by atoms with Crippen LogP contribution in [0.3, 0.4) is 0 Å². The summed E-state index contributed by atoms with van der Waals surface area (Å²) in [5.74, 6) is -1.87. The Morgan fingerprint density at radius 1 is 0.963 bits per heavy atom. The van der Waals surface area contributed by atoms with E-state index in [1.165, 1.54) is 27.1 Å². The van der Waals surface area contributed by atoms with Gasteiger partial charge >= 0.3 is 17.9 Å². The second-order valence-corrected chi connectivity index (χ2v) is 13.4. The summed E-state index contributed by atoms with van der Waals surface area (Å²) in [6.45, 7) is 7.17. The summed E-state index contributed by atoms with van der Waals surface area (Å²) >= 11 is 0. The molecule has 1 fully saturated rings. The molecule has 2 aromatic heterocycles. The number of aliphatic hydroxyl groups excluding tert-OH is 2. The third-order valence-corrected chi connectivity index (χ3v) is 9.89. The maximum Gasteiger partial charge on any atom is 0.303 e. The SMILES string of the molecule is C=CCOc1nc(N[C@@H]2c3c(cc4ccc5cccc6ccc3c4c56)[C@H](OC(C)=O)[C@@H](OC(C)=O)[C@H]2OC(C)=O)nc2c1ncn2[C@H]1C[C@H](O)[C@@H](CO)O1. The van der Waals surface area contributed by atoms with Gasteiger partial charge in [-0.15, -0.1) is 0 Å². The Hall–Kier alpha value is -5.90. The maximum absolute atomic E-state index is 12.9. The van der Waals surface area contributed by atoms with Crippen LogP contribution in [0.15, 0.2) is 67.5 Å². The van der Waals surface area contributed by atoms with Crippen LogP contribution in [0, 0.1) is 0 Å². The lowest BCUT2D eigenvalue weighted by atomic mass is 9.77. The molecule has 0 saturated carbocycles. The molecule has 0 radical (unpaired) electrons. The second-order valence-electron chi connectivity index (χ2n) is 13.4. The van der Waals surface area contributed by atoms with Crippen molar-refractivity contribution < 1.29 is 48.3 Å². The highest BCUT2D eigenvalue weighted by Gasteiger charge is 2.50. The minimum absolute atomic E-state index is 0.0203. The van der Waals surface area contributed by atoms with Gasteiger partial charge in [-0.1, -0.05) is 55.1 Å². The normalized spacial score (nSPS) is 23.8. The number of benzene rings is 4. The molecule has 278 valence electrons. The van der Waals surface area contributed by atoms with Crippen LogP contribution in [-0.2, 0) is 33.3 Å². The molecule has 15 nitrogen and oxygen atoms in total. The number of anilines is 1. The Kier molecular flexibility index (Phi) is 9.00. The second kappa shape index (κ2) is 13.8. The van der Waals surface area contributed by atoms with E-state index >= 15 is 0 Å². The van der Waals surface area contributed by atoms with Crippen molar-refractivity contribution in [1.82, 2.24) is 19.5 Å². The summed E-state index contributed by atoms with van der Waals surface area (Å²) < 4.78 is 31.3. The summed E-state index contributed by atoms with van der Waals surface area (Å²) in [6, 6.07) is 14.9. The molecule has 1 aliphatic carbocycles. The number of carbonyl (C=O) groups excluding carboxylic acids is 3. The molecule has 0 unspecified atom stereocenters. The fourth-order valence-electron chi connectivity index (χ4n) is 7.84. The third kappa shape index (κ3) is 5.99. The molecule has 15 heteroatoms. The zero-order valence-electron chi connectivity index (χ0n) is 29.6. The predicted molar refractivity (Wildman–Crippen MR) is 195 cm³/mol. The maximum atomic E-state index is 12.9. The minimum Gasteiger partial charge on any atom is -0.472 e. The van der Waals surface area contributed by atoms with E-state index in [0.717, 1.165) is 32.3 Å². The topological polar surface area (TPSA) is 193 Å². The van der Waals surface area contributed by atoms with Crippen molar-refractivity contribution in [3.8, 4) is 5.88 Å². The van der Waals surface area contributed by atoms with E-state index < -0.39 is 60.7 Å². The van der Waals surface area contributed by atoms with Crippen molar-refractivity contribution in [2.75, 3.05) is 18.5 Å². The van der Waals surface area contributed by atoms with Gasteiger partial charge in [-0.25, -0.2) is 4.98 Å². The molecule has 8 rings (SSSR count). The first kappa shape index (κ1) is 35.1. The molecule has 4 aromatic carbocycles. The van der Waals surface area contributed by atoms with Crippen LogP contribution in [0.5, 0.6) is 5.88 Å². The smallest absolute Gasteiger partial charge is 0.303 e. The number of ether oxygens (including phenoxy) is 5. The molecule has 54 heavy (non-hydrogen) atoms. The Morgan fingerprint density at radius 2 is 1.67 bits per heavy atom.